The van der Waals surface area contributed by atoms with Crippen molar-refractivity contribution in [1.29, 1.82) is 0 Å². The Morgan fingerprint density at radius 1 is 0.875 bits per heavy atom. The van der Waals surface area contributed by atoms with Crippen molar-refractivity contribution in [1.82, 2.24) is 29.4 Å². The number of aromatic nitrogens is 5. The third-order valence-electron chi connectivity index (χ3n) is 17.2. The molecule has 3 aliphatic heterocycles. The Morgan fingerprint density at radius 2 is 1.64 bits per heavy atom. The number of carbonyl (C=O) groups excluding carboxylic acids is 8. The molecule has 22 nitrogen and oxygen atoms in total. The molecular formula is C66H83N7O15. The number of carbonyl (C=O) groups is 8. The molecule has 3 amide bonds. The van der Waals surface area contributed by atoms with Crippen LogP contribution in [0.1, 0.15) is 165 Å². The molecule has 4 aliphatic rings. The Morgan fingerprint density at radius 3 is 2.34 bits per heavy atom. The normalized spacial score (nSPS) is 18.8. The zero-order chi connectivity index (χ0) is 63.1. The molecule has 1 saturated heterocycles. The number of nitrogens with zero attached hydrogens (tertiary/aromatic N) is 6. The number of fused-ring (bicyclic) bond motifs is 5. The fourth-order valence-electron chi connectivity index (χ4n) is 11.9. The zero-order valence-corrected chi connectivity index (χ0v) is 51.5. The van der Waals surface area contributed by atoms with E-state index in [9.17, 15) is 48.3 Å². The SMILES string of the molecule is CCC(=O)COCC(=O)CCCOCCn1cc(CCC(=O)C2CCC(CN3C(=O)CC(C)C3=O)CC2)nn1.CCCCCC(C)C(=O)Nc1ccc(COC(=O)OC2(CC)C(=O)OCc3c2cc2n(c3=O)Cc3c-2nc2ccc(O)cc2c3CC)cc1. The van der Waals surface area contributed by atoms with Gasteiger partial charge in [-0.3, -0.25) is 38.5 Å². The molecule has 88 heavy (non-hydrogen) atoms. The molecule has 3 aromatic heterocycles. The lowest BCUT2D eigenvalue weighted by Crippen LogP contribution is -2.47. The van der Waals surface area contributed by atoms with E-state index >= 15 is 0 Å². The van der Waals surface area contributed by atoms with Crippen molar-refractivity contribution >= 4 is 63.8 Å². The number of hydrogen-bond acceptors (Lipinski definition) is 18. The average Bonchev–Trinajstić information content (AvgIpc) is 1.45. The number of phenolic OH excluding ortho intramolecular Hbond substituents is 1. The van der Waals surface area contributed by atoms with E-state index in [0.717, 1.165) is 73.6 Å². The van der Waals surface area contributed by atoms with E-state index < -0.39 is 17.7 Å². The molecule has 0 spiro atoms. The Labute approximate surface area is 512 Å². The summed E-state index contributed by atoms with van der Waals surface area (Å²) in [6.07, 6.45) is 11.4. The largest absolute Gasteiger partial charge is 0.510 e. The number of pyridine rings is 2. The van der Waals surface area contributed by atoms with Crippen LogP contribution in [0.3, 0.4) is 0 Å². The number of aromatic hydroxyl groups is 1. The maximum atomic E-state index is 13.9. The third-order valence-corrected chi connectivity index (χ3v) is 17.2. The van der Waals surface area contributed by atoms with Crippen LogP contribution in [0.5, 0.6) is 5.75 Å². The molecule has 6 heterocycles. The molecule has 5 aromatic rings. The van der Waals surface area contributed by atoms with Gasteiger partial charge in [0.1, 0.15) is 38.0 Å². The lowest BCUT2D eigenvalue weighted by molar-refractivity contribution is -0.175. The number of cyclic esters (lactones) is 1. The van der Waals surface area contributed by atoms with Crippen molar-refractivity contribution in [3.05, 3.63) is 98.6 Å². The average molecular weight is 1210 g/mol. The number of rotatable bonds is 29. The summed E-state index contributed by atoms with van der Waals surface area (Å²) in [6, 6.07) is 13.6. The molecule has 1 saturated carbocycles. The Kier molecular flexibility index (Phi) is 23.1. The minimum Gasteiger partial charge on any atom is -0.508 e. The minimum atomic E-state index is -1.90. The molecule has 2 fully saturated rings. The first-order valence-corrected chi connectivity index (χ1v) is 31.2. The van der Waals surface area contributed by atoms with Gasteiger partial charge in [0.05, 0.1) is 47.9 Å². The molecule has 1 aliphatic carbocycles. The van der Waals surface area contributed by atoms with E-state index in [2.05, 4.69) is 22.6 Å². The van der Waals surface area contributed by atoms with E-state index in [0.29, 0.717) is 99.4 Å². The second-order valence-corrected chi connectivity index (χ2v) is 23.5. The number of aryl methyl sites for hydroxylation is 2. The van der Waals surface area contributed by atoms with Crippen LogP contribution in [0.25, 0.3) is 22.3 Å². The van der Waals surface area contributed by atoms with E-state index in [-0.39, 0.29) is 121 Å². The number of likely N-dealkylation sites (tertiary alicyclic amines) is 1. The quantitative estimate of drug-likeness (QED) is 0.0251. The fraction of sp³-hybridized carbons (Fsp3) is 0.545. The summed E-state index contributed by atoms with van der Waals surface area (Å²) < 4.78 is 30.6. The van der Waals surface area contributed by atoms with Crippen LogP contribution in [0.15, 0.2) is 59.5 Å². The van der Waals surface area contributed by atoms with Crippen LogP contribution in [0.4, 0.5) is 10.5 Å². The predicted molar refractivity (Wildman–Crippen MR) is 323 cm³/mol. The second-order valence-electron chi connectivity index (χ2n) is 23.5. The molecule has 3 atom stereocenters. The number of esters is 1. The van der Waals surface area contributed by atoms with Gasteiger partial charge in [-0.05, 0) is 105 Å². The summed E-state index contributed by atoms with van der Waals surface area (Å²) in [5.41, 5.74) is 3.88. The Hall–Kier alpha value is -7.98. The molecule has 22 heteroatoms. The molecular weight excluding hydrogens is 1130 g/mol. The van der Waals surface area contributed by atoms with Crippen molar-refractivity contribution in [2.24, 2.45) is 23.7 Å². The van der Waals surface area contributed by atoms with Gasteiger partial charge in [0, 0.05) is 91.4 Å². The number of imide groups is 1. The highest BCUT2D eigenvalue weighted by Gasteiger charge is 2.51. The maximum Gasteiger partial charge on any atom is 0.510 e. The van der Waals surface area contributed by atoms with E-state index in [1.54, 1.807) is 78.6 Å². The monoisotopic (exact) mass is 1210 g/mol. The van der Waals surface area contributed by atoms with E-state index in [1.807, 2.05) is 20.0 Å². The highest BCUT2D eigenvalue weighted by Crippen LogP contribution is 2.43. The highest BCUT2D eigenvalue weighted by atomic mass is 16.7. The van der Waals surface area contributed by atoms with Crippen molar-refractivity contribution in [2.45, 2.75) is 176 Å². The van der Waals surface area contributed by atoms with Gasteiger partial charge in [0.15, 0.2) is 11.6 Å². The molecule has 3 unspecified atom stereocenters. The van der Waals surface area contributed by atoms with Gasteiger partial charge >= 0.3 is 12.1 Å². The molecule has 0 radical (unpaired) electrons. The van der Waals surface area contributed by atoms with Crippen LogP contribution < -0.4 is 10.9 Å². The van der Waals surface area contributed by atoms with Gasteiger partial charge in [-0.25, -0.2) is 19.3 Å². The van der Waals surface area contributed by atoms with Crippen LogP contribution in [-0.2, 0) is 102 Å². The second kappa shape index (κ2) is 30.8. The minimum absolute atomic E-state index is 0.000415. The molecule has 2 aromatic carbocycles. The van der Waals surface area contributed by atoms with Crippen LogP contribution >= 0.6 is 0 Å². The standard InChI is InChI=1S/C38H41N3O8.C28H42N4O7/c1-5-8-9-10-22(4)34(43)39-24-13-11-23(12-14-24)20-48-37(46)49-38(7-3)30-18-32-33-28(19-41(32)35(44)29(30)21-47-36(38)45)26(6-2)27-17-25(42)15-16-31(27)40-33;1-3-24(33)18-39-19-25(34)5-4-13-38-14-12-31-17-23(29-30-31)10-11-26(35)22-8-6-21(7-9-22)16-32-27(36)15-20(2)28(32)37/h11-18,22,42H,5-10,19-21H2,1-4H3,(H,39,43);17,20-22H,3-16,18-19H2,1-2H3. The van der Waals surface area contributed by atoms with Gasteiger partial charge in [-0.2, -0.15) is 0 Å². The number of Topliss-reactive ketones (excluding diaryl/α,β-unsaturated/α-hetero) is 3. The van der Waals surface area contributed by atoms with Crippen LogP contribution in [0.2, 0.25) is 0 Å². The van der Waals surface area contributed by atoms with E-state index in [4.69, 9.17) is 28.7 Å². The third kappa shape index (κ3) is 16.2. The summed E-state index contributed by atoms with van der Waals surface area (Å²) in [6.45, 7) is 13.0. The number of ether oxygens (including phenoxy) is 5. The van der Waals surface area contributed by atoms with Gasteiger partial charge in [-0.1, -0.05) is 78.2 Å². The highest BCUT2D eigenvalue weighted by molar-refractivity contribution is 6.03. The number of anilines is 1. The summed E-state index contributed by atoms with van der Waals surface area (Å²) in [5, 5.41) is 22.1. The number of nitrogens with one attached hydrogen (secondary N) is 1. The first-order valence-electron chi connectivity index (χ1n) is 31.2. The predicted octanol–water partition coefficient (Wildman–Crippen LogP) is 9.21. The first-order chi connectivity index (χ1) is 42.4. The summed E-state index contributed by atoms with van der Waals surface area (Å²) in [5.74, 6) is -0.649. The van der Waals surface area contributed by atoms with Gasteiger partial charge in [0.2, 0.25) is 23.3 Å². The van der Waals surface area contributed by atoms with Crippen LogP contribution in [0, 0.1) is 23.7 Å². The number of benzene rings is 2. The lowest BCUT2D eigenvalue weighted by atomic mass is 9.79. The molecule has 472 valence electrons. The first kappa shape index (κ1) is 66.0. The summed E-state index contributed by atoms with van der Waals surface area (Å²) in [4.78, 5) is 119. The van der Waals surface area contributed by atoms with Crippen molar-refractivity contribution in [3.63, 3.8) is 0 Å². The summed E-state index contributed by atoms with van der Waals surface area (Å²) in [7, 11) is 0. The number of ketones is 3. The number of unbranched alkanes of at least 4 members (excludes halogenated alkanes) is 2. The van der Waals surface area contributed by atoms with Crippen molar-refractivity contribution in [3.8, 4) is 17.1 Å². The number of amides is 3. The molecule has 0 bridgehead atoms. The topological polar surface area (TPSA) is 284 Å². The maximum absolute atomic E-state index is 13.9. The van der Waals surface area contributed by atoms with Gasteiger partial charge in [-0.15, -0.1) is 5.10 Å². The molecule has 9 rings (SSSR count). The number of hydrogen-bond donors (Lipinski definition) is 2. The Bertz CT molecular complexity index is 3420. The van der Waals surface area contributed by atoms with Gasteiger partial charge in [0.25, 0.3) is 5.56 Å². The summed E-state index contributed by atoms with van der Waals surface area (Å²) >= 11 is 0. The number of phenols is 1. The van der Waals surface area contributed by atoms with Crippen LogP contribution in [-0.4, -0.2) is 115 Å². The molecule has 2 N–H and O–H groups in total. The van der Waals surface area contributed by atoms with Crippen molar-refractivity contribution in [2.75, 3.05) is 38.3 Å². The smallest absolute Gasteiger partial charge is 0.508 e. The van der Waals surface area contributed by atoms with Crippen molar-refractivity contribution < 1.29 is 67.1 Å². The zero-order valence-electron chi connectivity index (χ0n) is 51.5. The van der Waals surface area contributed by atoms with E-state index in [1.165, 1.54) is 4.90 Å². The van der Waals surface area contributed by atoms with Gasteiger partial charge < -0.3 is 38.7 Å². The fourth-order valence-corrected chi connectivity index (χ4v) is 11.9. The Balaban J connectivity index is 0.000000234. The lowest BCUT2D eigenvalue weighted by Gasteiger charge is -2.35.